The first kappa shape index (κ1) is 12.2. The molecule has 0 aliphatic rings. The fraction of sp³-hybridized carbons (Fsp3) is 0.538. The van der Waals surface area contributed by atoms with Crippen LogP contribution in [0.3, 0.4) is 0 Å². The Hall–Kier alpha value is -0.860. The van der Waals surface area contributed by atoms with Crippen molar-refractivity contribution in [1.82, 2.24) is 5.32 Å². The number of benzene rings is 1. The van der Waals surface area contributed by atoms with E-state index in [0.29, 0.717) is 0 Å². The van der Waals surface area contributed by atoms with E-state index in [1.807, 2.05) is 20.9 Å². The van der Waals surface area contributed by atoms with Crippen molar-refractivity contribution in [2.75, 3.05) is 7.05 Å². The van der Waals surface area contributed by atoms with Crippen LogP contribution >= 0.6 is 0 Å². The molecule has 84 valence electrons. The summed E-state index contributed by atoms with van der Waals surface area (Å²) in [5.74, 6) is 0. The van der Waals surface area contributed by atoms with Crippen LogP contribution in [0.5, 0.6) is 0 Å². The summed E-state index contributed by atoms with van der Waals surface area (Å²) in [7, 11) is 1.87. The van der Waals surface area contributed by atoms with Gasteiger partial charge in [-0.05, 0) is 38.4 Å². The zero-order chi connectivity index (χ0) is 11.5. The van der Waals surface area contributed by atoms with E-state index in [-0.39, 0.29) is 6.04 Å². The van der Waals surface area contributed by atoms with Gasteiger partial charge in [-0.1, -0.05) is 31.2 Å². The second-order valence-electron chi connectivity index (χ2n) is 4.47. The molecule has 0 radical (unpaired) electrons. The normalized spacial score (nSPS) is 13.9. The second-order valence-corrected chi connectivity index (χ2v) is 4.47. The molecular weight excluding hydrogens is 186 g/mol. The van der Waals surface area contributed by atoms with Gasteiger partial charge in [0.15, 0.2) is 0 Å². The monoisotopic (exact) mass is 207 g/mol. The molecule has 1 atom stereocenters. The maximum atomic E-state index is 9.99. The minimum absolute atomic E-state index is 0.0246. The van der Waals surface area contributed by atoms with E-state index in [4.69, 9.17) is 0 Å². The first-order chi connectivity index (χ1) is 6.99. The van der Waals surface area contributed by atoms with Crippen molar-refractivity contribution in [3.05, 3.63) is 35.4 Å². The molecule has 1 rings (SSSR count). The Morgan fingerprint density at radius 1 is 1.27 bits per heavy atom. The molecule has 1 aromatic rings. The standard InChI is InChI=1S/C13H21NO/c1-5-10-6-8-11(9-7-10)12(14-4)13(2,3)15/h6-9,12,14-15H,5H2,1-4H3. The Morgan fingerprint density at radius 3 is 2.13 bits per heavy atom. The highest BCUT2D eigenvalue weighted by molar-refractivity contribution is 5.26. The van der Waals surface area contributed by atoms with Crippen LogP contribution in [0.4, 0.5) is 0 Å². The van der Waals surface area contributed by atoms with E-state index >= 15 is 0 Å². The molecule has 0 aliphatic heterocycles. The van der Waals surface area contributed by atoms with Crippen molar-refractivity contribution in [2.45, 2.75) is 38.8 Å². The highest BCUT2D eigenvalue weighted by Crippen LogP contribution is 2.25. The number of nitrogens with one attached hydrogen (secondary N) is 1. The molecular formula is C13H21NO. The first-order valence-corrected chi connectivity index (χ1v) is 5.47. The quantitative estimate of drug-likeness (QED) is 0.794. The molecule has 1 unspecified atom stereocenters. The number of hydrogen-bond acceptors (Lipinski definition) is 2. The Kier molecular flexibility index (Phi) is 3.89. The van der Waals surface area contributed by atoms with Crippen molar-refractivity contribution < 1.29 is 5.11 Å². The van der Waals surface area contributed by atoms with Gasteiger partial charge >= 0.3 is 0 Å². The smallest absolute Gasteiger partial charge is 0.0785 e. The number of rotatable bonds is 4. The minimum Gasteiger partial charge on any atom is -0.388 e. The average Bonchev–Trinajstić information content (AvgIpc) is 2.18. The molecule has 0 aromatic heterocycles. The third-order valence-corrected chi connectivity index (χ3v) is 2.72. The molecule has 2 nitrogen and oxygen atoms in total. The molecule has 0 spiro atoms. The average molecular weight is 207 g/mol. The van der Waals surface area contributed by atoms with Crippen molar-refractivity contribution in [1.29, 1.82) is 0 Å². The lowest BCUT2D eigenvalue weighted by atomic mass is 9.91. The zero-order valence-corrected chi connectivity index (χ0v) is 10.0. The summed E-state index contributed by atoms with van der Waals surface area (Å²) in [5.41, 5.74) is 1.70. The molecule has 0 saturated heterocycles. The highest BCUT2D eigenvalue weighted by atomic mass is 16.3. The Bertz CT molecular complexity index is 297. The largest absolute Gasteiger partial charge is 0.388 e. The molecule has 0 amide bonds. The van der Waals surface area contributed by atoms with Gasteiger partial charge in [0, 0.05) is 0 Å². The molecule has 2 heteroatoms. The van der Waals surface area contributed by atoms with Gasteiger partial charge in [0.1, 0.15) is 0 Å². The lowest BCUT2D eigenvalue weighted by molar-refractivity contribution is 0.0400. The van der Waals surface area contributed by atoms with Crippen LogP contribution in [0.1, 0.15) is 37.9 Å². The van der Waals surface area contributed by atoms with Crippen molar-refractivity contribution >= 4 is 0 Å². The van der Waals surface area contributed by atoms with Gasteiger partial charge in [-0.15, -0.1) is 0 Å². The van der Waals surface area contributed by atoms with Crippen molar-refractivity contribution in [3.63, 3.8) is 0 Å². The lowest BCUT2D eigenvalue weighted by Crippen LogP contribution is -2.37. The molecule has 0 fully saturated rings. The van der Waals surface area contributed by atoms with Crippen molar-refractivity contribution in [2.24, 2.45) is 0 Å². The van der Waals surface area contributed by atoms with Crippen LogP contribution in [0.2, 0.25) is 0 Å². The fourth-order valence-corrected chi connectivity index (χ4v) is 1.87. The summed E-state index contributed by atoms with van der Waals surface area (Å²) < 4.78 is 0. The van der Waals surface area contributed by atoms with Crippen LogP contribution in [0, 0.1) is 0 Å². The summed E-state index contributed by atoms with van der Waals surface area (Å²) >= 11 is 0. The van der Waals surface area contributed by atoms with Gasteiger partial charge in [-0.2, -0.15) is 0 Å². The van der Waals surface area contributed by atoms with E-state index in [0.717, 1.165) is 12.0 Å². The fourth-order valence-electron chi connectivity index (χ4n) is 1.87. The van der Waals surface area contributed by atoms with Gasteiger partial charge in [-0.3, -0.25) is 0 Å². The van der Waals surface area contributed by atoms with Gasteiger partial charge in [-0.25, -0.2) is 0 Å². The van der Waals surface area contributed by atoms with Gasteiger partial charge in [0.25, 0.3) is 0 Å². The van der Waals surface area contributed by atoms with E-state index in [2.05, 4.69) is 36.5 Å². The number of likely N-dealkylation sites (N-methyl/N-ethyl adjacent to an activating group) is 1. The predicted molar refractivity (Wildman–Crippen MR) is 63.9 cm³/mol. The number of aryl methyl sites for hydroxylation is 1. The van der Waals surface area contributed by atoms with E-state index < -0.39 is 5.60 Å². The summed E-state index contributed by atoms with van der Waals surface area (Å²) in [6.07, 6.45) is 1.05. The Morgan fingerprint density at radius 2 is 1.80 bits per heavy atom. The van der Waals surface area contributed by atoms with Crippen LogP contribution in [-0.2, 0) is 6.42 Å². The van der Waals surface area contributed by atoms with Crippen LogP contribution in [0.25, 0.3) is 0 Å². The predicted octanol–water partition coefficient (Wildman–Crippen LogP) is 2.28. The van der Waals surface area contributed by atoms with E-state index in [1.165, 1.54) is 5.56 Å². The molecule has 0 saturated carbocycles. The summed E-state index contributed by atoms with van der Waals surface area (Å²) in [6.45, 7) is 5.78. The summed E-state index contributed by atoms with van der Waals surface area (Å²) in [5, 5.41) is 13.1. The maximum Gasteiger partial charge on any atom is 0.0785 e. The molecule has 0 bridgehead atoms. The van der Waals surface area contributed by atoms with Gasteiger partial charge in [0.05, 0.1) is 11.6 Å². The second kappa shape index (κ2) is 4.77. The van der Waals surface area contributed by atoms with Crippen molar-refractivity contribution in [3.8, 4) is 0 Å². The third-order valence-electron chi connectivity index (χ3n) is 2.72. The molecule has 0 heterocycles. The van der Waals surface area contributed by atoms with Gasteiger partial charge in [0.2, 0.25) is 0 Å². The Balaban J connectivity index is 2.93. The molecule has 15 heavy (non-hydrogen) atoms. The zero-order valence-electron chi connectivity index (χ0n) is 10.0. The summed E-state index contributed by atoms with van der Waals surface area (Å²) in [4.78, 5) is 0. The number of aliphatic hydroxyl groups is 1. The van der Waals surface area contributed by atoms with Gasteiger partial charge < -0.3 is 10.4 Å². The van der Waals surface area contributed by atoms with E-state index in [9.17, 15) is 5.11 Å². The molecule has 1 aromatic carbocycles. The van der Waals surface area contributed by atoms with E-state index in [1.54, 1.807) is 0 Å². The first-order valence-electron chi connectivity index (χ1n) is 5.47. The number of hydrogen-bond donors (Lipinski definition) is 2. The topological polar surface area (TPSA) is 32.3 Å². The molecule has 0 aliphatic carbocycles. The maximum absolute atomic E-state index is 9.99. The molecule has 2 N–H and O–H groups in total. The van der Waals surface area contributed by atoms with Crippen LogP contribution in [0.15, 0.2) is 24.3 Å². The van der Waals surface area contributed by atoms with Crippen LogP contribution in [-0.4, -0.2) is 17.8 Å². The Labute approximate surface area is 92.3 Å². The summed E-state index contributed by atoms with van der Waals surface area (Å²) in [6, 6.07) is 8.37. The third kappa shape index (κ3) is 3.05. The SMILES string of the molecule is CCc1ccc(C(NC)C(C)(C)O)cc1. The van der Waals surface area contributed by atoms with Crippen LogP contribution < -0.4 is 5.32 Å². The minimum atomic E-state index is -0.748. The highest BCUT2D eigenvalue weighted by Gasteiger charge is 2.26. The lowest BCUT2D eigenvalue weighted by Gasteiger charge is -2.29.